The number of hydrogen-bond donors (Lipinski definition) is 2. The summed E-state index contributed by atoms with van der Waals surface area (Å²) in [6, 6.07) is 5.92. The minimum absolute atomic E-state index is 0.741. The standard InChI is InChI=1S/C16H22N4S.2C2HF3O2/c1-18-10-13(9-17-18)11-19-6-4-16-15(19)5-7-20(16)12-14-3-2-8-21-14;2*3-2(4,5)1(6)7/h2-3,8-10,15-16H,4-7,11-12H2,1H3;2*(H,6,7)/t15-,16+;;/m0../s1. The molecule has 0 bridgehead atoms. The van der Waals surface area contributed by atoms with Crippen molar-refractivity contribution in [1.82, 2.24) is 19.6 Å². The Morgan fingerprint density at radius 2 is 1.49 bits per heavy atom. The lowest BCUT2D eigenvalue weighted by Gasteiger charge is -2.25. The Labute approximate surface area is 200 Å². The fourth-order valence-electron chi connectivity index (χ4n) is 3.95. The molecule has 2 N–H and O–H groups in total. The van der Waals surface area contributed by atoms with E-state index in [0.717, 1.165) is 25.2 Å². The minimum Gasteiger partial charge on any atom is -0.475 e. The second-order valence-electron chi connectivity index (χ2n) is 7.86. The lowest BCUT2D eigenvalue weighted by atomic mass is 10.1. The Morgan fingerprint density at radius 1 is 1.00 bits per heavy atom. The third kappa shape index (κ3) is 8.81. The van der Waals surface area contributed by atoms with Crippen molar-refractivity contribution in [3.8, 4) is 0 Å². The number of nitrogens with zero attached hydrogens (tertiary/aromatic N) is 4. The van der Waals surface area contributed by atoms with Gasteiger partial charge in [0.2, 0.25) is 0 Å². The normalized spacial score (nSPS) is 20.4. The Balaban J connectivity index is 0.000000257. The summed E-state index contributed by atoms with van der Waals surface area (Å²) >= 11 is 1.88. The molecule has 0 aliphatic carbocycles. The number of aryl methyl sites for hydroxylation is 1. The Kier molecular flexibility index (Phi) is 9.68. The summed E-state index contributed by atoms with van der Waals surface area (Å²) in [5.74, 6) is -5.51. The van der Waals surface area contributed by atoms with E-state index < -0.39 is 24.3 Å². The Morgan fingerprint density at radius 3 is 1.86 bits per heavy atom. The molecule has 2 aliphatic heterocycles. The van der Waals surface area contributed by atoms with Crippen LogP contribution in [0.15, 0.2) is 29.9 Å². The van der Waals surface area contributed by atoms with Gasteiger partial charge in [0, 0.05) is 61.9 Å². The van der Waals surface area contributed by atoms with E-state index in [1.807, 2.05) is 29.3 Å². The molecule has 2 atom stereocenters. The topological polar surface area (TPSA) is 98.9 Å². The van der Waals surface area contributed by atoms with Gasteiger partial charge < -0.3 is 10.2 Å². The molecule has 2 aliphatic rings. The van der Waals surface area contributed by atoms with Gasteiger partial charge in [-0.2, -0.15) is 31.4 Å². The highest BCUT2D eigenvalue weighted by molar-refractivity contribution is 7.09. The summed E-state index contributed by atoms with van der Waals surface area (Å²) in [5.41, 5.74) is 1.34. The van der Waals surface area contributed by atoms with Crippen LogP contribution < -0.4 is 0 Å². The molecule has 0 radical (unpaired) electrons. The monoisotopic (exact) mass is 530 g/mol. The fourth-order valence-corrected chi connectivity index (χ4v) is 4.68. The minimum atomic E-state index is -5.08. The first-order valence-electron chi connectivity index (χ1n) is 10.3. The van der Waals surface area contributed by atoms with Crippen LogP contribution in [0.1, 0.15) is 23.3 Å². The lowest BCUT2D eigenvalue weighted by Crippen LogP contribution is -2.35. The maximum absolute atomic E-state index is 10.6. The molecule has 2 fully saturated rings. The Hall–Kier alpha value is -2.65. The van der Waals surface area contributed by atoms with Gasteiger partial charge in [-0.15, -0.1) is 11.3 Å². The van der Waals surface area contributed by atoms with Crippen molar-refractivity contribution in [2.75, 3.05) is 13.1 Å². The fraction of sp³-hybridized carbons (Fsp3) is 0.550. The summed E-state index contributed by atoms with van der Waals surface area (Å²) in [7, 11) is 1.99. The zero-order valence-electron chi connectivity index (χ0n) is 18.5. The molecule has 4 heterocycles. The van der Waals surface area contributed by atoms with E-state index in [0.29, 0.717) is 0 Å². The number of halogens is 6. The molecule has 35 heavy (non-hydrogen) atoms. The number of alkyl halides is 6. The number of carbonyl (C=O) groups is 2. The van der Waals surface area contributed by atoms with Gasteiger partial charge in [0.15, 0.2) is 0 Å². The van der Waals surface area contributed by atoms with E-state index in [9.17, 15) is 26.3 Å². The molecule has 15 heteroatoms. The van der Waals surface area contributed by atoms with E-state index >= 15 is 0 Å². The molecule has 2 aromatic rings. The predicted octanol–water partition coefficient (Wildman–Crippen LogP) is 3.60. The third-order valence-corrected chi connectivity index (χ3v) is 6.24. The molecule has 0 spiro atoms. The van der Waals surface area contributed by atoms with Crippen molar-refractivity contribution < 1.29 is 46.1 Å². The number of hydrogen-bond acceptors (Lipinski definition) is 6. The van der Waals surface area contributed by atoms with Crippen molar-refractivity contribution in [2.45, 2.75) is 50.4 Å². The average molecular weight is 530 g/mol. The number of carboxylic acid groups (broad SMARTS) is 2. The molecule has 196 valence electrons. The molecule has 0 aromatic carbocycles. The smallest absolute Gasteiger partial charge is 0.475 e. The maximum atomic E-state index is 10.6. The van der Waals surface area contributed by atoms with Crippen LogP contribution in [0.2, 0.25) is 0 Å². The molecule has 4 rings (SSSR count). The maximum Gasteiger partial charge on any atom is 0.490 e. The van der Waals surface area contributed by atoms with Crippen LogP contribution >= 0.6 is 11.3 Å². The van der Waals surface area contributed by atoms with E-state index in [-0.39, 0.29) is 0 Å². The summed E-state index contributed by atoms with van der Waals surface area (Å²) in [6.45, 7) is 4.67. The number of fused-ring (bicyclic) bond motifs is 1. The van der Waals surface area contributed by atoms with Gasteiger partial charge in [0.05, 0.1) is 6.20 Å². The quantitative estimate of drug-likeness (QED) is 0.583. The van der Waals surface area contributed by atoms with Gasteiger partial charge in [0.1, 0.15) is 0 Å². The molecular formula is C20H24F6N4O4S. The van der Waals surface area contributed by atoms with Gasteiger partial charge in [-0.1, -0.05) is 6.07 Å². The summed E-state index contributed by atoms with van der Waals surface area (Å²) in [4.78, 5) is 24.6. The molecule has 2 aromatic heterocycles. The zero-order valence-corrected chi connectivity index (χ0v) is 19.3. The Bertz CT molecular complexity index is 940. The van der Waals surface area contributed by atoms with Crippen LogP contribution in [-0.2, 0) is 29.7 Å². The number of likely N-dealkylation sites (tertiary alicyclic amines) is 2. The molecule has 0 amide bonds. The van der Waals surface area contributed by atoms with Crippen LogP contribution in [-0.4, -0.2) is 79.3 Å². The van der Waals surface area contributed by atoms with Crippen molar-refractivity contribution in [3.63, 3.8) is 0 Å². The predicted molar refractivity (Wildman–Crippen MR) is 113 cm³/mol. The van der Waals surface area contributed by atoms with Crippen LogP contribution in [0.4, 0.5) is 26.3 Å². The highest BCUT2D eigenvalue weighted by Gasteiger charge is 2.42. The molecule has 0 saturated carbocycles. The van der Waals surface area contributed by atoms with Crippen LogP contribution in [0, 0.1) is 0 Å². The van der Waals surface area contributed by atoms with E-state index in [1.54, 1.807) is 0 Å². The van der Waals surface area contributed by atoms with Crippen LogP contribution in [0.25, 0.3) is 0 Å². The third-order valence-electron chi connectivity index (χ3n) is 5.37. The first-order valence-corrected chi connectivity index (χ1v) is 11.1. The van der Waals surface area contributed by atoms with E-state index in [1.165, 1.54) is 36.4 Å². The van der Waals surface area contributed by atoms with Crippen LogP contribution in [0.5, 0.6) is 0 Å². The van der Waals surface area contributed by atoms with Crippen molar-refractivity contribution in [3.05, 3.63) is 40.3 Å². The van der Waals surface area contributed by atoms with Gasteiger partial charge in [-0.3, -0.25) is 14.5 Å². The van der Waals surface area contributed by atoms with Crippen molar-refractivity contribution in [2.24, 2.45) is 7.05 Å². The first-order chi connectivity index (χ1) is 16.2. The first kappa shape index (κ1) is 28.6. The number of aliphatic carboxylic acids is 2. The second-order valence-corrected chi connectivity index (χ2v) is 8.89. The second kappa shape index (κ2) is 11.9. The van der Waals surface area contributed by atoms with Gasteiger partial charge >= 0.3 is 24.3 Å². The number of thiophene rings is 1. The SMILES string of the molecule is Cn1cc(CN2CC[C@@H]3[C@@H]2CCN3Cc2cccs2)cn1.O=C(O)C(F)(F)F.O=C(O)C(F)(F)F. The number of rotatable bonds is 4. The van der Waals surface area contributed by atoms with Gasteiger partial charge in [0.25, 0.3) is 0 Å². The molecule has 8 nitrogen and oxygen atoms in total. The van der Waals surface area contributed by atoms with E-state index in [2.05, 4.69) is 38.6 Å². The highest BCUT2D eigenvalue weighted by Crippen LogP contribution is 2.34. The van der Waals surface area contributed by atoms with Crippen molar-refractivity contribution in [1.29, 1.82) is 0 Å². The summed E-state index contributed by atoms with van der Waals surface area (Å²) in [6.07, 6.45) is -3.38. The molecular weight excluding hydrogens is 506 g/mol. The highest BCUT2D eigenvalue weighted by atomic mass is 32.1. The van der Waals surface area contributed by atoms with Gasteiger partial charge in [-0.05, 0) is 24.3 Å². The van der Waals surface area contributed by atoms with Gasteiger partial charge in [-0.25, -0.2) is 9.59 Å². The zero-order chi connectivity index (χ0) is 26.4. The largest absolute Gasteiger partial charge is 0.490 e. The number of aromatic nitrogens is 2. The van der Waals surface area contributed by atoms with Crippen molar-refractivity contribution >= 4 is 23.3 Å². The van der Waals surface area contributed by atoms with Crippen LogP contribution in [0.3, 0.4) is 0 Å². The molecule has 2 saturated heterocycles. The number of carboxylic acids is 2. The average Bonchev–Trinajstić information content (AvgIpc) is 3.51. The molecule has 0 unspecified atom stereocenters. The summed E-state index contributed by atoms with van der Waals surface area (Å²) in [5, 5.41) is 20.7. The summed E-state index contributed by atoms with van der Waals surface area (Å²) < 4.78 is 65.4. The lowest BCUT2D eigenvalue weighted by molar-refractivity contribution is -0.193. The van der Waals surface area contributed by atoms with E-state index in [4.69, 9.17) is 19.8 Å².